The maximum atomic E-state index is 10.5. The summed E-state index contributed by atoms with van der Waals surface area (Å²) in [5, 5.41) is 10.3. The molecule has 2 N–H and O–H groups in total. The molecule has 0 fully saturated rings. The molecule has 0 aliphatic carbocycles. The van der Waals surface area contributed by atoms with Gasteiger partial charge in [-0.2, -0.15) is 0 Å². The Bertz CT molecular complexity index is 486. The number of hydrogen-bond acceptors (Lipinski definition) is 6. The van der Waals surface area contributed by atoms with E-state index in [2.05, 4.69) is 0 Å². The van der Waals surface area contributed by atoms with Crippen molar-refractivity contribution in [3.8, 4) is 0 Å². The van der Waals surface area contributed by atoms with E-state index in [0.29, 0.717) is 6.07 Å². The van der Waals surface area contributed by atoms with Gasteiger partial charge < -0.3 is 10.3 Å². The van der Waals surface area contributed by atoms with E-state index in [1.54, 1.807) is 0 Å². The van der Waals surface area contributed by atoms with Gasteiger partial charge in [0, 0.05) is 6.07 Å². The van der Waals surface area contributed by atoms with Crippen molar-refractivity contribution in [1.29, 1.82) is 0 Å². The smallest absolute Gasteiger partial charge is 0.744 e. The number of hydrogen-bond donors (Lipinski definition) is 1. The Labute approximate surface area is 128 Å². The fourth-order valence-corrected chi connectivity index (χ4v) is 1.33. The van der Waals surface area contributed by atoms with Crippen LogP contribution < -0.4 is 57.1 Å². The first-order chi connectivity index (χ1) is 6.32. The molecule has 0 amide bonds. The van der Waals surface area contributed by atoms with Gasteiger partial charge in [0.15, 0.2) is 0 Å². The predicted octanol–water partition coefficient (Wildman–Crippen LogP) is -2.91. The number of nitrogens with zero attached hydrogens (tertiary/aromatic N) is 1. The number of anilines is 1. The Balaban J connectivity index is 0.00000196. The van der Waals surface area contributed by atoms with E-state index in [1.165, 1.54) is 0 Å². The average molecular weight is 256 g/mol. The molecule has 0 radical (unpaired) electrons. The van der Waals surface area contributed by atoms with Crippen LogP contribution in [0.4, 0.5) is 11.4 Å². The molecule has 0 unspecified atom stereocenters. The minimum atomic E-state index is -4.69. The molecule has 7 nitrogen and oxygen atoms in total. The van der Waals surface area contributed by atoms with Crippen LogP contribution in [-0.2, 0) is 10.1 Å². The van der Waals surface area contributed by atoms with Gasteiger partial charge in [-0.05, 0) is 12.1 Å². The summed E-state index contributed by atoms with van der Waals surface area (Å²) in [6, 6.07) is 2.56. The normalized spacial score (nSPS) is 10.5. The van der Waals surface area contributed by atoms with Gasteiger partial charge in [-0.3, -0.25) is 10.1 Å². The first kappa shape index (κ1) is 15.0. The molecule has 0 aromatic heterocycles. The molecular weight excluding hydrogens is 251 g/mol. The Morgan fingerprint density at radius 1 is 1.33 bits per heavy atom. The van der Waals surface area contributed by atoms with Gasteiger partial charge in [0.25, 0.3) is 5.69 Å². The SMILES string of the molecule is Nc1ccc(S(=O)(=O)[O-])cc1[N+](=O)[O-].[K+]. The molecule has 1 rings (SSSR count). The van der Waals surface area contributed by atoms with Gasteiger partial charge >= 0.3 is 51.4 Å². The van der Waals surface area contributed by atoms with Gasteiger partial charge in [0.2, 0.25) is 0 Å². The molecule has 0 spiro atoms. The Morgan fingerprint density at radius 2 is 1.87 bits per heavy atom. The number of nitro benzene ring substituents is 1. The third kappa shape index (κ3) is 3.79. The summed E-state index contributed by atoms with van der Waals surface area (Å²) in [5.74, 6) is 0. The molecule has 0 saturated carbocycles. The molecule has 0 aliphatic heterocycles. The molecule has 15 heavy (non-hydrogen) atoms. The maximum absolute atomic E-state index is 10.5. The van der Waals surface area contributed by atoms with Gasteiger partial charge in [-0.25, -0.2) is 8.42 Å². The summed E-state index contributed by atoms with van der Waals surface area (Å²) in [6.07, 6.45) is 0. The number of benzene rings is 1. The van der Waals surface area contributed by atoms with E-state index < -0.39 is 25.6 Å². The van der Waals surface area contributed by atoms with E-state index in [0.717, 1.165) is 12.1 Å². The second-order valence-electron chi connectivity index (χ2n) is 2.43. The number of rotatable bonds is 2. The van der Waals surface area contributed by atoms with Crippen LogP contribution in [0.2, 0.25) is 0 Å². The number of nitrogen functional groups attached to an aromatic ring is 1. The number of nitrogens with two attached hydrogens (primary N) is 1. The summed E-state index contributed by atoms with van der Waals surface area (Å²) < 4.78 is 31.5. The molecule has 76 valence electrons. The number of nitro groups is 1. The zero-order chi connectivity index (χ0) is 10.9. The molecular formula is C6H5KN2O5S. The van der Waals surface area contributed by atoms with Crippen molar-refractivity contribution < 1.29 is 69.3 Å². The topological polar surface area (TPSA) is 126 Å². The fraction of sp³-hybridized carbons (Fsp3) is 0. The van der Waals surface area contributed by atoms with Crippen molar-refractivity contribution in [2.24, 2.45) is 0 Å². The van der Waals surface area contributed by atoms with E-state index in [1.807, 2.05) is 0 Å². The minimum Gasteiger partial charge on any atom is -0.744 e. The zero-order valence-electron chi connectivity index (χ0n) is 7.71. The Morgan fingerprint density at radius 3 is 2.27 bits per heavy atom. The second-order valence-corrected chi connectivity index (χ2v) is 3.81. The average Bonchev–Trinajstić information content (AvgIpc) is 2.02. The van der Waals surface area contributed by atoms with Gasteiger partial charge in [-0.1, -0.05) is 0 Å². The van der Waals surface area contributed by atoms with Crippen LogP contribution in [0.1, 0.15) is 0 Å². The molecule has 1 aromatic carbocycles. The van der Waals surface area contributed by atoms with Crippen LogP contribution in [0.15, 0.2) is 23.1 Å². The van der Waals surface area contributed by atoms with Crippen molar-refractivity contribution >= 4 is 21.5 Å². The van der Waals surface area contributed by atoms with Crippen LogP contribution in [0.5, 0.6) is 0 Å². The summed E-state index contributed by atoms with van der Waals surface area (Å²) >= 11 is 0. The van der Waals surface area contributed by atoms with Crippen molar-refractivity contribution in [1.82, 2.24) is 0 Å². The van der Waals surface area contributed by atoms with E-state index in [4.69, 9.17) is 5.73 Å². The van der Waals surface area contributed by atoms with Gasteiger partial charge in [0.1, 0.15) is 15.8 Å². The molecule has 9 heteroatoms. The standard InChI is InChI=1S/C6H6N2O5S.K/c7-5-2-1-4(14(11,12)13)3-6(5)8(9)10;/h1-3H,7H2,(H,11,12,13);/q;+1/p-1. The second kappa shape index (κ2) is 5.34. The molecule has 0 atom stereocenters. The van der Waals surface area contributed by atoms with Gasteiger partial charge in [0.05, 0.1) is 9.82 Å². The van der Waals surface area contributed by atoms with Crippen LogP contribution >= 0.6 is 0 Å². The molecule has 1 aromatic rings. The van der Waals surface area contributed by atoms with E-state index in [9.17, 15) is 23.1 Å². The quantitative estimate of drug-likeness (QED) is 0.199. The third-order valence-corrected chi connectivity index (χ3v) is 2.32. The molecule has 0 aliphatic rings. The first-order valence-corrected chi connectivity index (χ1v) is 4.73. The third-order valence-electron chi connectivity index (χ3n) is 1.49. The van der Waals surface area contributed by atoms with Crippen LogP contribution in [0.25, 0.3) is 0 Å². The largest absolute Gasteiger partial charge is 1.00 e. The Hall–Kier alpha value is -0.0336. The minimum absolute atomic E-state index is 0. The molecule has 0 saturated heterocycles. The zero-order valence-corrected chi connectivity index (χ0v) is 11.6. The maximum Gasteiger partial charge on any atom is 1.00 e. The van der Waals surface area contributed by atoms with Crippen LogP contribution in [0.3, 0.4) is 0 Å². The summed E-state index contributed by atoms with van der Waals surface area (Å²) in [7, 11) is -4.69. The fourth-order valence-electron chi connectivity index (χ4n) is 0.837. The van der Waals surface area contributed by atoms with E-state index in [-0.39, 0.29) is 57.1 Å². The van der Waals surface area contributed by atoms with Crippen molar-refractivity contribution in [2.45, 2.75) is 4.90 Å². The van der Waals surface area contributed by atoms with Crippen LogP contribution in [-0.4, -0.2) is 17.9 Å². The first-order valence-electron chi connectivity index (χ1n) is 3.32. The molecule has 0 heterocycles. The Kier molecular flexibility index (Phi) is 5.33. The van der Waals surface area contributed by atoms with Gasteiger partial charge in [-0.15, -0.1) is 0 Å². The van der Waals surface area contributed by atoms with Crippen molar-refractivity contribution in [3.05, 3.63) is 28.3 Å². The predicted molar refractivity (Wildman–Crippen MR) is 45.5 cm³/mol. The van der Waals surface area contributed by atoms with E-state index >= 15 is 0 Å². The summed E-state index contributed by atoms with van der Waals surface area (Å²) in [6.45, 7) is 0. The van der Waals surface area contributed by atoms with Crippen LogP contribution in [0, 0.1) is 10.1 Å². The molecule has 0 bridgehead atoms. The summed E-state index contributed by atoms with van der Waals surface area (Å²) in [4.78, 5) is 8.80. The van der Waals surface area contributed by atoms with Crippen molar-refractivity contribution in [2.75, 3.05) is 5.73 Å². The van der Waals surface area contributed by atoms with Crippen molar-refractivity contribution in [3.63, 3.8) is 0 Å². The summed E-state index contributed by atoms with van der Waals surface area (Å²) in [5.41, 5.74) is 4.41. The monoisotopic (exact) mass is 256 g/mol.